The first-order chi connectivity index (χ1) is 15.1. The normalized spacial score (nSPS) is 16.0. The zero-order valence-electron chi connectivity index (χ0n) is 17.8. The van der Waals surface area contributed by atoms with Crippen LogP contribution in [-0.4, -0.2) is 24.9 Å². The number of rotatable bonds is 7. The van der Waals surface area contributed by atoms with Crippen molar-refractivity contribution in [3.05, 3.63) is 102 Å². The minimum atomic E-state index is 0.0108. The van der Waals surface area contributed by atoms with Crippen LogP contribution in [0.25, 0.3) is 0 Å². The van der Waals surface area contributed by atoms with E-state index in [9.17, 15) is 9.59 Å². The molecule has 31 heavy (non-hydrogen) atoms. The van der Waals surface area contributed by atoms with Crippen LogP contribution in [0.2, 0.25) is 0 Å². The summed E-state index contributed by atoms with van der Waals surface area (Å²) in [6.07, 6.45) is 0.853. The molecule has 1 fully saturated rings. The van der Waals surface area contributed by atoms with E-state index in [4.69, 9.17) is 0 Å². The van der Waals surface area contributed by atoms with Gasteiger partial charge in [0.15, 0.2) is 0 Å². The second-order valence-electron chi connectivity index (χ2n) is 8.29. The number of amides is 2. The van der Waals surface area contributed by atoms with Crippen molar-refractivity contribution in [2.75, 3.05) is 18.0 Å². The van der Waals surface area contributed by atoms with Crippen LogP contribution in [0.15, 0.2) is 84.9 Å². The molecule has 1 atom stereocenters. The van der Waals surface area contributed by atoms with E-state index < -0.39 is 0 Å². The Morgan fingerprint density at radius 3 is 2.10 bits per heavy atom. The largest absolute Gasteiger partial charge is 0.356 e. The van der Waals surface area contributed by atoms with Crippen LogP contribution in [0.1, 0.15) is 35.4 Å². The van der Waals surface area contributed by atoms with Gasteiger partial charge >= 0.3 is 0 Å². The Hall–Kier alpha value is -3.40. The second kappa shape index (κ2) is 9.61. The molecular formula is C27H28N2O2. The Morgan fingerprint density at radius 2 is 1.52 bits per heavy atom. The monoisotopic (exact) mass is 412 g/mol. The van der Waals surface area contributed by atoms with Crippen molar-refractivity contribution < 1.29 is 9.59 Å². The van der Waals surface area contributed by atoms with Gasteiger partial charge in [-0.15, -0.1) is 0 Å². The quantitative estimate of drug-likeness (QED) is 0.612. The van der Waals surface area contributed by atoms with E-state index in [2.05, 4.69) is 29.6 Å². The fourth-order valence-corrected chi connectivity index (χ4v) is 4.21. The van der Waals surface area contributed by atoms with E-state index >= 15 is 0 Å². The molecule has 0 aliphatic carbocycles. The topological polar surface area (TPSA) is 49.4 Å². The van der Waals surface area contributed by atoms with Crippen LogP contribution in [0.5, 0.6) is 0 Å². The smallest absolute Gasteiger partial charge is 0.227 e. The Morgan fingerprint density at radius 1 is 0.935 bits per heavy atom. The van der Waals surface area contributed by atoms with Gasteiger partial charge in [0.25, 0.3) is 0 Å². The van der Waals surface area contributed by atoms with E-state index in [1.54, 1.807) is 0 Å². The molecule has 4 heteroatoms. The zero-order chi connectivity index (χ0) is 21.6. The van der Waals surface area contributed by atoms with Crippen LogP contribution in [0.4, 0.5) is 5.69 Å². The minimum absolute atomic E-state index is 0.0108. The van der Waals surface area contributed by atoms with Gasteiger partial charge in [-0.05, 0) is 30.2 Å². The highest BCUT2D eigenvalue weighted by atomic mass is 16.2. The Labute approximate surface area is 183 Å². The Kier molecular flexibility index (Phi) is 6.46. The standard InChI is InChI=1S/C27H28N2O2/c1-20-12-14-24(15-13-20)29-19-21(16-27(29)31)18-28-26(30)17-25(22-8-4-2-5-9-22)23-10-6-3-7-11-23/h2-15,21,25H,16-19H2,1H3,(H,28,30). The third-order valence-corrected chi connectivity index (χ3v) is 5.93. The summed E-state index contributed by atoms with van der Waals surface area (Å²) in [5.74, 6) is 0.273. The average Bonchev–Trinajstić information content (AvgIpc) is 3.18. The fraction of sp³-hybridized carbons (Fsp3) is 0.259. The van der Waals surface area contributed by atoms with Crippen molar-refractivity contribution in [2.24, 2.45) is 5.92 Å². The molecule has 1 aliphatic rings. The van der Waals surface area contributed by atoms with Gasteiger partial charge in [-0.3, -0.25) is 9.59 Å². The minimum Gasteiger partial charge on any atom is -0.356 e. The van der Waals surface area contributed by atoms with Crippen molar-refractivity contribution in [2.45, 2.75) is 25.7 Å². The molecule has 1 aliphatic heterocycles. The fourth-order valence-electron chi connectivity index (χ4n) is 4.21. The number of hydrogen-bond acceptors (Lipinski definition) is 2. The molecular weight excluding hydrogens is 384 g/mol. The number of aryl methyl sites for hydroxylation is 1. The van der Waals surface area contributed by atoms with Gasteiger partial charge in [0.05, 0.1) is 0 Å². The summed E-state index contributed by atoms with van der Waals surface area (Å²) in [5.41, 5.74) is 4.36. The Bertz CT molecular complexity index is 977. The van der Waals surface area contributed by atoms with E-state index in [1.807, 2.05) is 72.5 Å². The number of nitrogens with zero attached hydrogens (tertiary/aromatic N) is 1. The summed E-state index contributed by atoms with van der Waals surface area (Å²) < 4.78 is 0. The highest BCUT2D eigenvalue weighted by Gasteiger charge is 2.31. The van der Waals surface area contributed by atoms with Gasteiger partial charge in [-0.1, -0.05) is 78.4 Å². The van der Waals surface area contributed by atoms with Crippen molar-refractivity contribution in [3.63, 3.8) is 0 Å². The van der Waals surface area contributed by atoms with E-state index in [0.29, 0.717) is 25.9 Å². The highest BCUT2D eigenvalue weighted by Crippen LogP contribution is 2.28. The van der Waals surface area contributed by atoms with Gasteiger partial charge < -0.3 is 10.2 Å². The van der Waals surface area contributed by atoms with Crippen LogP contribution < -0.4 is 10.2 Å². The van der Waals surface area contributed by atoms with E-state index in [1.165, 1.54) is 5.56 Å². The van der Waals surface area contributed by atoms with Crippen molar-refractivity contribution in [1.29, 1.82) is 0 Å². The first kappa shape index (κ1) is 20.9. The molecule has 4 rings (SSSR count). The summed E-state index contributed by atoms with van der Waals surface area (Å²) in [5, 5.41) is 3.08. The number of carbonyl (C=O) groups excluding carboxylic acids is 2. The third kappa shape index (κ3) is 5.21. The maximum atomic E-state index is 12.8. The lowest BCUT2D eigenvalue weighted by Crippen LogP contribution is -2.32. The maximum Gasteiger partial charge on any atom is 0.227 e. The van der Waals surface area contributed by atoms with Crippen LogP contribution in [0.3, 0.4) is 0 Å². The summed E-state index contributed by atoms with van der Waals surface area (Å²) in [6, 6.07) is 28.3. The maximum absolute atomic E-state index is 12.8. The lowest BCUT2D eigenvalue weighted by molar-refractivity contribution is -0.122. The van der Waals surface area contributed by atoms with Crippen molar-refractivity contribution >= 4 is 17.5 Å². The van der Waals surface area contributed by atoms with Crippen LogP contribution >= 0.6 is 0 Å². The predicted octanol–water partition coefficient (Wildman–Crippen LogP) is 4.69. The first-order valence-electron chi connectivity index (χ1n) is 10.8. The zero-order valence-corrected chi connectivity index (χ0v) is 17.8. The molecule has 3 aromatic carbocycles. The molecule has 0 radical (unpaired) electrons. The summed E-state index contributed by atoms with van der Waals surface area (Å²) in [6.45, 7) is 3.19. The molecule has 1 N–H and O–H groups in total. The molecule has 0 bridgehead atoms. The molecule has 1 unspecified atom stereocenters. The summed E-state index contributed by atoms with van der Waals surface area (Å²) in [7, 11) is 0. The van der Waals surface area contributed by atoms with Gasteiger partial charge in [0.2, 0.25) is 11.8 Å². The SMILES string of the molecule is Cc1ccc(N2CC(CNC(=O)CC(c3ccccc3)c3ccccc3)CC2=O)cc1. The van der Waals surface area contributed by atoms with Gasteiger partial charge in [0.1, 0.15) is 0 Å². The second-order valence-corrected chi connectivity index (χ2v) is 8.29. The number of carbonyl (C=O) groups is 2. The third-order valence-electron chi connectivity index (χ3n) is 5.93. The number of nitrogens with one attached hydrogen (secondary N) is 1. The van der Waals surface area contributed by atoms with Crippen molar-refractivity contribution in [3.8, 4) is 0 Å². The van der Waals surface area contributed by atoms with Crippen LogP contribution in [-0.2, 0) is 9.59 Å². The molecule has 0 saturated carbocycles. The number of anilines is 1. The highest BCUT2D eigenvalue weighted by molar-refractivity contribution is 5.95. The van der Waals surface area contributed by atoms with Gasteiger partial charge in [0, 0.05) is 43.5 Å². The van der Waals surface area contributed by atoms with Crippen molar-refractivity contribution in [1.82, 2.24) is 5.32 Å². The summed E-state index contributed by atoms with van der Waals surface area (Å²) >= 11 is 0. The average molecular weight is 413 g/mol. The molecule has 1 heterocycles. The lowest BCUT2D eigenvalue weighted by Gasteiger charge is -2.19. The molecule has 0 spiro atoms. The van der Waals surface area contributed by atoms with E-state index in [0.717, 1.165) is 16.8 Å². The molecule has 1 saturated heterocycles. The van der Waals surface area contributed by atoms with E-state index in [-0.39, 0.29) is 23.7 Å². The molecule has 158 valence electrons. The lowest BCUT2D eigenvalue weighted by atomic mass is 9.88. The number of benzene rings is 3. The predicted molar refractivity (Wildman–Crippen MR) is 124 cm³/mol. The van der Waals surface area contributed by atoms with Crippen LogP contribution in [0, 0.1) is 12.8 Å². The first-order valence-corrected chi connectivity index (χ1v) is 10.8. The van der Waals surface area contributed by atoms with Gasteiger partial charge in [-0.25, -0.2) is 0 Å². The molecule has 2 amide bonds. The molecule has 0 aromatic heterocycles. The molecule has 3 aromatic rings. The summed E-state index contributed by atoms with van der Waals surface area (Å²) in [4.78, 5) is 27.1. The number of hydrogen-bond donors (Lipinski definition) is 1. The van der Waals surface area contributed by atoms with Gasteiger partial charge in [-0.2, -0.15) is 0 Å². The molecule has 4 nitrogen and oxygen atoms in total. The Balaban J connectivity index is 1.37.